The van der Waals surface area contributed by atoms with Gasteiger partial charge in [0.1, 0.15) is 0 Å². The molecule has 2 N–H and O–H groups in total. The van der Waals surface area contributed by atoms with E-state index in [9.17, 15) is 4.79 Å². The van der Waals surface area contributed by atoms with Gasteiger partial charge >= 0.3 is 6.03 Å². The number of aliphatic hydroxyl groups is 1. The Kier molecular flexibility index (Phi) is 5.69. The van der Waals surface area contributed by atoms with Crippen LogP contribution >= 0.6 is 11.3 Å². The lowest BCUT2D eigenvalue weighted by Gasteiger charge is -2.47. The Morgan fingerprint density at radius 3 is 2.47 bits per heavy atom. The molecule has 2 aliphatic rings. The molecule has 1 spiro atoms. The largest absolute Gasteiger partial charge is 0.395 e. The number of urea groups is 1. The van der Waals surface area contributed by atoms with Crippen LogP contribution in [-0.2, 0) is 5.54 Å². The Labute approximate surface area is 181 Å². The van der Waals surface area contributed by atoms with Gasteiger partial charge in [-0.3, -0.25) is 9.80 Å². The van der Waals surface area contributed by atoms with Crippen LogP contribution in [0.2, 0.25) is 0 Å². The van der Waals surface area contributed by atoms with Crippen molar-refractivity contribution >= 4 is 29.0 Å². The quantitative estimate of drug-likeness (QED) is 0.731. The van der Waals surface area contributed by atoms with Crippen LogP contribution in [-0.4, -0.2) is 72.4 Å². The van der Waals surface area contributed by atoms with Gasteiger partial charge in [0.15, 0.2) is 0 Å². The Morgan fingerprint density at radius 2 is 1.90 bits per heavy atom. The van der Waals surface area contributed by atoms with Crippen molar-refractivity contribution in [2.45, 2.75) is 36.8 Å². The number of anilines is 2. The minimum Gasteiger partial charge on any atom is -0.395 e. The van der Waals surface area contributed by atoms with Crippen molar-refractivity contribution in [3.8, 4) is 0 Å². The molecule has 3 heterocycles. The van der Waals surface area contributed by atoms with Crippen LogP contribution in [0.15, 0.2) is 29.9 Å². The molecule has 2 aromatic rings. The summed E-state index contributed by atoms with van der Waals surface area (Å²) in [4.78, 5) is 28.8. The minimum atomic E-state index is -0.208. The molecule has 1 aliphatic carbocycles. The van der Waals surface area contributed by atoms with Gasteiger partial charge < -0.3 is 15.3 Å². The van der Waals surface area contributed by atoms with Crippen molar-refractivity contribution < 1.29 is 9.90 Å². The van der Waals surface area contributed by atoms with Crippen LogP contribution in [0.5, 0.6) is 0 Å². The second-order valence-electron chi connectivity index (χ2n) is 8.59. The lowest BCUT2D eigenvalue weighted by Crippen LogP contribution is -2.53. The van der Waals surface area contributed by atoms with Crippen molar-refractivity contribution in [2.24, 2.45) is 0 Å². The van der Waals surface area contributed by atoms with Crippen LogP contribution < -0.4 is 15.1 Å². The topological polar surface area (TPSA) is 84.8 Å². The molecule has 30 heavy (non-hydrogen) atoms. The Bertz CT molecular complexity index is 862. The zero-order chi connectivity index (χ0) is 21.4. The first kappa shape index (κ1) is 21.0. The highest BCUT2D eigenvalue weighted by atomic mass is 32.1. The zero-order valence-electron chi connectivity index (χ0n) is 17.8. The number of thiophene rings is 1. The third-order valence-corrected chi connectivity index (χ3v) is 7.72. The van der Waals surface area contributed by atoms with Gasteiger partial charge in [-0.1, -0.05) is 6.07 Å². The summed E-state index contributed by atoms with van der Waals surface area (Å²) in [5, 5.41) is 14.5. The summed E-state index contributed by atoms with van der Waals surface area (Å²) < 4.78 is 0. The molecule has 9 heteroatoms. The van der Waals surface area contributed by atoms with E-state index in [1.54, 1.807) is 22.2 Å². The maximum atomic E-state index is 12.8. The molecule has 0 bridgehead atoms. The SMILES string of the molecule is CN(CCO)c1ncc(N2C[C@]3(CC[C@](c4cccs4)(N(C)C)CC3)NC2=O)cn1. The third kappa shape index (κ3) is 3.66. The highest BCUT2D eigenvalue weighted by Gasteiger charge is 2.50. The maximum Gasteiger partial charge on any atom is 0.322 e. The number of nitrogens with zero attached hydrogens (tertiary/aromatic N) is 5. The highest BCUT2D eigenvalue weighted by molar-refractivity contribution is 7.10. The van der Waals surface area contributed by atoms with E-state index in [1.807, 2.05) is 18.4 Å². The number of amides is 2. The molecule has 0 radical (unpaired) electrons. The highest BCUT2D eigenvalue weighted by Crippen LogP contribution is 2.47. The third-order valence-electron chi connectivity index (χ3n) is 6.66. The molecule has 2 amide bonds. The van der Waals surface area contributed by atoms with E-state index < -0.39 is 0 Å². The van der Waals surface area contributed by atoms with Crippen LogP contribution in [0.4, 0.5) is 16.4 Å². The molecule has 162 valence electrons. The maximum absolute atomic E-state index is 12.8. The predicted octanol–water partition coefficient (Wildman–Crippen LogP) is 2.27. The van der Waals surface area contributed by atoms with E-state index in [-0.39, 0.29) is 23.7 Å². The molecule has 2 fully saturated rings. The molecule has 1 saturated heterocycles. The molecule has 1 aliphatic heterocycles. The molecule has 1 saturated carbocycles. The summed E-state index contributed by atoms with van der Waals surface area (Å²) in [7, 11) is 6.14. The standard InChI is InChI=1S/C21H30N6O2S/c1-25(2)21(17-5-4-12-30-17)8-6-20(7-9-21)15-27(19(29)24-20)16-13-22-18(23-14-16)26(3)10-11-28/h4-5,12-14,28H,6-11,15H2,1-3H3,(H,24,29)/t20-,21+. The van der Waals surface area contributed by atoms with Crippen LogP contribution in [0.25, 0.3) is 0 Å². The Morgan fingerprint density at radius 1 is 1.20 bits per heavy atom. The zero-order valence-corrected chi connectivity index (χ0v) is 18.7. The fourth-order valence-corrected chi connectivity index (χ4v) is 5.77. The van der Waals surface area contributed by atoms with Crippen molar-refractivity contribution in [2.75, 3.05) is 50.6 Å². The molecular weight excluding hydrogens is 400 g/mol. The van der Waals surface area contributed by atoms with E-state index in [1.165, 1.54) is 4.88 Å². The molecule has 0 atom stereocenters. The normalized spacial score (nSPS) is 26.4. The van der Waals surface area contributed by atoms with Crippen LogP contribution in [0, 0.1) is 0 Å². The van der Waals surface area contributed by atoms with Gasteiger partial charge in [0, 0.05) is 18.5 Å². The first-order chi connectivity index (χ1) is 14.4. The lowest BCUT2D eigenvalue weighted by molar-refractivity contribution is 0.0689. The van der Waals surface area contributed by atoms with E-state index in [2.05, 4.69) is 51.8 Å². The van der Waals surface area contributed by atoms with Crippen molar-refractivity contribution in [3.63, 3.8) is 0 Å². The first-order valence-electron chi connectivity index (χ1n) is 10.3. The Hall–Kier alpha value is -2.23. The predicted molar refractivity (Wildman–Crippen MR) is 119 cm³/mol. The average Bonchev–Trinajstić information content (AvgIpc) is 3.38. The molecule has 8 nitrogen and oxygen atoms in total. The lowest BCUT2D eigenvalue weighted by atomic mass is 9.71. The van der Waals surface area contributed by atoms with Gasteiger partial charge in [-0.25, -0.2) is 14.8 Å². The van der Waals surface area contributed by atoms with Crippen molar-refractivity contribution in [1.29, 1.82) is 0 Å². The summed E-state index contributed by atoms with van der Waals surface area (Å²) in [6.07, 6.45) is 7.26. The van der Waals surface area contributed by atoms with Gasteiger partial charge in [0.25, 0.3) is 0 Å². The summed E-state index contributed by atoms with van der Waals surface area (Å²) in [5.74, 6) is 0.534. The molecule has 2 aromatic heterocycles. The second kappa shape index (κ2) is 8.13. The number of hydrogen-bond donors (Lipinski definition) is 2. The van der Waals surface area contributed by atoms with Gasteiger partial charge in [-0.2, -0.15) is 0 Å². The van der Waals surface area contributed by atoms with E-state index in [0.29, 0.717) is 24.7 Å². The molecular formula is C21H30N6O2S. The van der Waals surface area contributed by atoms with Gasteiger partial charge in [-0.15, -0.1) is 11.3 Å². The second-order valence-corrected chi connectivity index (χ2v) is 9.53. The van der Waals surface area contributed by atoms with Crippen molar-refractivity contribution in [3.05, 3.63) is 34.8 Å². The van der Waals surface area contributed by atoms with E-state index in [4.69, 9.17) is 5.11 Å². The molecule has 0 aromatic carbocycles. The van der Waals surface area contributed by atoms with Gasteiger partial charge in [-0.05, 0) is 51.2 Å². The monoisotopic (exact) mass is 430 g/mol. The fourth-order valence-electron chi connectivity index (χ4n) is 4.70. The number of hydrogen-bond acceptors (Lipinski definition) is 7. The fraction of sp³-hybridized carbons (Fsp3) is 0.571. The van der Waals surface area contributed by atoms with Crippen LogP contribution in [0.1, 0.15) is 30.6 Å². The number of likely N-dealkylation sites (N-methyl/N-ethyl adjacent to an activating group) is 1. The van der Waals surface area contributed by atoms with Gasteiger partial charge in [0.05, 0.1) is 42.3 Å². The summed E-state index contributed by atoms with van der Waals surface area (Å²) >= 11 is 1.82. The minimum absolute atomic E-state index is 0.0403. The van der Waals surface area contributed by atoms with Crippen molar-refractivity contribution in [1.82, 2.24) is 20.2 Å². The summed E-state index contributed by atoms with van der Waals surface area (Å²) in [6, 6.07) is 4.27. The molecule has 0 unspecified atom stereocenters. The average molecular weight is 431 g/mol. The molecule has 4 rings (SSSR count). The number of carbonyl (C=O) groups is 1. The number of aromatic nitrogens is 2. The number of nitrogens with one attached hydrogen (secondary N) is 1. The number of carbonyl (C=O) groups excluding carboxylic acids is 1. The summed E-state index contributed by atoms with van der Waals surface area (Å²) in [5.41, 5.74) is 0.535. The first-order valence-corrected chi connectivity index (χ1v) is 11.2. The number of aliphatic hydroxyl groups excluding tert-OH is 1. The van der Waals surface area contributed by atoms with E-state index >= 15 is 0 Å². The Balaban J connectivity index is 1.48. The van der Waals surface area contributed by atoms with Gasteiger partial charge in [0.2, 0.25) is 5.95 Å². The summed E-state index contributed by atoms with van der Waals surface area (Å²) in [6.45, 7) is 1.14. The van der Waals surface area contributed by atoms with E-state index in [0.717, 1.165) is 25.7 Å². The smallest absolute Gasteiger partial charge is 0.322 e. The number of rotatable bonds is 6. The van der Waals surface area contributed by atoms with Crippen LogP contribution in [0.3, 0.4) is 0 Å².